The van der Waals surface area contributed by atoms with Crippen molar-refractivity contribution in [3.8, 4) is 5.75 Å². The number of methoxy groups -OCH3 is 1. The monoisotopic (exact) mass is 435 g/mol. The summed E-state index contributed by atoms with van der Waals surface area (Å²) in [5.74, 6) is 1.08. The van der Waals surface area contributed by atoms with E-state index in [0.717, 1.165) is 36.5 Å². The number of aryl methyl sites for hydroxylation is 1. The highest BCUT2D eigenvalue weighted by Gasteiger charge is 2.36. The highest BCUT2D eigenvalue weighted by molar-refractivity contribution is 5.77. The normalized spacial score (nSPS) is 21.6. The van der Waals surface area contributed by atoms with Crippen LogP contribution in [-0.2, 0) is 17.8 Å². The molecule has 1 amide bonds. The van der Waals surface area contributed by atoms with Gasteiger partial charge < -0.3 is 15.0 Å². The molecular weight excluding hydrogens is 398 g/mol. The Morgan fingerprint density at radius 1 is 1.06 bits per heavy atom. The number of nitrogens with zero attached hydrogens (tertiary/aromatic N) is 2. The van der Waals surface area contributed by atoms with E-state index in [4.69, 9.17) is 4.74 Å². The van der Waals surface area contributed by atoms with Crippen LogP contribution in [0, 0.1) is 0 Å². The van der Waals surface area contributed by atoms with Gasteiger partial charge in [0.15, 0.2) is 0 Å². The van der Waals surface area contributed by atoms with E-state index in [1.54, 1.807) is 7.11 Å². The van der Waals surface area contributed by atoms with E-state index < -0.39 is 0 Å². The standard InChI is InChI=1S/C27H37N3O2/c1-20(2)30-23-13-14-24(30)19-29(18-22-9-4-6-10-25(22)28-17-16-23)27(31)15-12-21-8-5-7-11-26(21)32-3/h4-11,20,23-24,28H,12-19H2,1-3H3/t23-,24+/m1/s1. The summed E-state index contributed by atoms with van der Waals surface area (Å²) in [5, 5.41) is 3.65. The molecule has 2 aliphatic rings. The van der Waals surface area contributed by atoms with Gasteiger partial charge in [-0.15, -0.1) is 0 Å². The van der Waals surface area contributed by atoms with Crippen LogP contribution >= 0.6 is 0 Å². The van der Waals surface area contributed by atoms with Gasteiger partial charge in [0.2, 0.25) is 5.91 Å². The second-order valence-corrected chi connectivity index (χ2v) is 9.38. The molecule has 0 spiro atoms. The second kappa shape index (κ2) is 10.4. The third-order valence-corrected chi connectivity index (χ3v) is 7.03. The molecule has 0 aromatic heterocycles. The molecule has 32 heavy (non-hydrogen) atoms. The zero-order valence-electron chi connectivity index (χ0n) is 19.7. The number of carbonyl (C=O) groups is 1. The first kappa shape index (κ1) is 22.7. The van der Waals surface area contributed by atoms with Gasteiger partial charge >= 0.3 is 0 Å². The second-order valence-electron chi connectivity index (χ2n) is 9.38. The SMILES string of the molecule is COc1ccccc1CCC(=O)N1Cc2ccccc2NCC[C@H]2CC[C@@H](C1)N2C(C)C. The molecule has 4 rings (SSSR count). The number of nitrogens with one attached hydrogen (secondary N) is 1. The van der Waals surface area contributed by atoms with Gasteiger partial charge in [-0.25, -0.2) is 0 Å². The number of ether oxygens (including phenoxy) is 1. The highest BCUT2D eigenvalue weighted by atomic mass is 16.5. The minimum Gasteiger partial charge on any atom is -0.496 e. The lowest BCUT2D eigenvalue weighted by Gasteiger charge is -2.36. The van der Waals surface area contributed by atoms with E-state index in [1.807, 2.05) is 18.2 Å². The van der Waals surface area contributed by atoms with Crippen molar-refractivity contribution in [3.63, 3.8) is 0 Å². The Morgan fingerprint density at radius 3 is 2.62 bits per heavy atom. The van der Waals surface area contributed by atoms with Crippen molar-refractivity contribution in [2.75, 3.05) is 25.5 Å². The van der Waals surface area contributed by atoms with Gasteiger partial charge in [0.05, 0.1) is 7.11 Å². The molecule has 2 heterocycles. The number of rotatable bonds is 5. The Labute approximate surface area is 192 Å². The largest absolute Gasteiger partial charge is 0.496 e. The lowest BCUT2D eigenvalue weighted by atomic mass is 10.1. The van der Waals surface area contributed by atoms with Crippen LogP contribution in [0.4, 0.5) is 5.69 Å². The van der Waals surface area contributed by atoms with E-state index in [9.17, 15) is 4.79 Å². The third kappa shape index (κ3) is 5.09. The van der Waals surface area contributed by atoms with E-state index in [1.165, 1.54) is 18.4 Å². The summed E-state index contributed by atoms with van der Waals surface area (Å²) in [5.41, 5.74) is 3.45. The van der Waals surface area contributed by atoms with Crippen molar-refractivity contribution in [2.45, 2.75) is 70.6 Å². The van der Waals surface area contributed by atoms with Gasteiger partial charge in [0.1, 0.15) is 5.75 Å². The smallest absolute Gasteiger partial charge is 0.223 e. The Bertz CT molecular complexity index is 913. The molecule has 0 radical (unpaired) electrons. The van der Waals surface area contributed by atoms with Gasteiger partial charge in [-0.05, 0) is 62.8 Å². The molecule has 2 aliphatic heterocycles. The quantitative estimate of drug-likeness (QED) is 0.739. The van der Waals surface area contributed by atoms with E-state index in [2.05, 4.69) is 59.3 Å². The summed E-state index contributed by atoms with van der Waals surface area (Å²) in [6.45, 7) is 7.01. The molecule has 5 nitrogen and oxygen atoms in total. The molecule has 5 heteroatoms. The minimum absolute atomic E-state index is 0.220. The maximum absolute atomic E-state index is 13.5. The third-order valence-electron chi connectivity index (χ3n) is 7.03. The van der Waals surface area contributed by atoms with E-state index >= 15 is 0 Å². The number of hydrogen-bond donors (Lipinski definition) is 1. The van der Waals surface area contributed by atoms with Crippen molar-refractivity contribution < 1.29 is 9.53 Å². The first-order valence-electron chi connectivity index (χ1n) is 12.1. The summed E-state index contributed by atoms with van der Waals surface area (Å²) >= 11 is 0. The Hall–Kier alpha value is -2.53. The minimum atomic E-state index is 0.220. The fraction of sp³-hybridized carbons (Fsp3) is 0.519. The summed E-state index contributed by atoms with van der Waals surface area (Å²) in [4.78, 5) is 18.3. The predicted octanol–water partition coefficient (Wildman–Crippen LogP) is 4.71. The number of anilines is 1. The number of carbonyl (C=O) groups excluding carboxylic acids is 1. The average molecular weight is 436 g/mol. The maximum Gasteiger partial charge on any atom is 0.223 e. The summed E-state index contributed by atoms with van der Waals surface area (Å²) < 4.78 is 5.49. The van der Waals surface area contributed by atoms with Crippen molar-refractivity contribution in [1.29, 1.82) is 0 Å². The molecule has 2 atom stereocenters. The summed E-state index contributed by atoms with van der Waals surface area (Å²) in [7, 11) is 1.69. The molecule has 1 fully saturated rings. The number of benzene rings is 2. The Balaban J connectivity index is 1.56. The number of amides is 1. The van der Waals surface area contributed by atoms with Crippen molar-refractivity contribution >= 4 is 11.6 Å². The predicted molar refractivity (Wildman–Crippen MR) is 130 cm³/mol. The van der Waals surface area contributed by atoms with E-state index in [-0.39, 0.29) is 5.91 Å². The molecule has 0 unspecified atom stereocenters. The van der Waals surface area contributed by atoms with E-state index in [0.29, 0.717) is 37.5 Å². The number of hydrogen-bond acceptors (Lipinski definition) is 4. The Morgan fingerprint density at radius 2 is 1.81 bits per heavy atom. The van der Waals surface area contributed by atoms with Gasteiger partial charge in [0, 0.05) is 49.9 Å². The molecule has 2 aromatic rings. The molecule has 172 valence electrons. The zero-order chi connectivity index (χ0) is 22.5. The molecular formula is C27H37N3O2. The fourth-order valence-corrected chi connectivity index (χ4v) is 5.53. The maximum atomic E-state index is 13.5. The molecule has 1 N–H and O–H groups in total. The van der Waals surface area contributed by atoms with Crippen LogP contribution in [0.2, 0.25) is 0 Å². The van der Waals surface area contributed by atoms with Crippen LogP contribution in [0.15, 0.2) is 48.5 Å². The van der Waals surface area contributed by atoms with Gasteiger partial charge in [-0.1, -0.05) is 36.4 Å². The number of para-hydroxylation sites is 2. The van der Waals surface area contributed by atoms with Crippen molar-refractivity contribution in [2.24, 2.45) is 0 Å². The lowest BCUT2D eigenvalue weighted by molar-refractivity contribution is -0.132. The summed E-state index contributed by atoms with van der Waals surface area (Å²) in [6, 6.07) is 18.0. The van der Waals surface area contributed by atoms with Gasteiger partial charge in [-0.3, -0.25) is 9.69 Å². The first-order chi connectivity index (χ1) is 15.6. The molecule has 0 aliphatic carbocycles. The molecule has 2 bridgehead atoms. The molecule has 1 saturated heterocycles. The first-order valence-corrected chi connectivity index (χ1v) is 12.1. The summed E-state index contributed by atoms with van der Waals surface area (Å²) in [6.07, 6.45) is 4.72. The highest BCUT2D eigenvalue weighted by Crippen LogP contribution is 2.31. The van der Waals surface area contributed by atoms with Crippen molar-refractivity contribution in [3.05, 3.63) is 59.7 Å². The van der Waals surface area contributed by atoms with Gasteiger partial charge in [0.25, 0.3) is 0 Å². The average Bonchev–Trinajstić information content (AvgIpc) is 3.19. The lowest BCUT2D eigenvalue weighted by Crippen LogP contribution is -2.48. The van der Waals surface area contributed by atoms with Crippen LogP contribution in [0.25, 0.3) is 0 Å². The topological polar surface area (TPSA) is 44.8 Å². The van der Waals surface area contributed by atoms with Crippen LogP contribution in [0.5, 0.6) is 5.75 Å². The van der Waals surface area contributed by atoms with Crippen LogP contribution in [0.3, 0.4) is 0 Å². The van der Waals surface area contributed by atoms with Gasteiger partial charge in [-0.2, -0.15) is 0 Å². The van der Waals surface area contributed by atoms with Crippen molar-refractivity contribution in [1.82, 2.24) is 9.80 Å². The number of fused-ring (bicyclic) bond motifs is 3. The molecule has 2 aromatic carbocycles. The van der Waals surface area contributed by atoms with Crippen LogP contribution < -0.4 is 10.1 Å². The Kier molecular flexibility index (Phi) is 7.36. The van der Waals surface area contributed by atoms with Crippen LogP contribution in [-0.4, -0.2) is 54.0 Å². The van der Waals surface area contributed by atoms with Crippen LogP contribution in [0.1, 0.15) is 50.7 Å². The zero-order valence-corrected chi connectivity index (χ0v) is 19.7. The fourth-order valence-electron chi connectivity index (χ4n) is 5.53. The molecule has 0 saturated carbocycles.